The Morgan fingerprint density at radius 3 is 2.61 bits per heavy atom. The Bertz CT molecular complexity index is 739. The van der Waals surface area contributed by atoms with Crippen molar-refractivity contribution in [3.8, 4) is 11.5 Å². The molecule has 0 atom stereocenters. The lowest BCUT2D eigenvalue weighted by atomic mass is 9.86. The van der Waals surface area contributed by atoms with Crippen molar-refractivity contribution < 1.29 is 17.9 Å². The summed E-state index contributed by atoms with van der Waals surface area (Å²) in [7, 11) is -0.0657. The molecule has 1 aromatic rings. The van der Waals surface area contributed by atoms with Crippen LogP contribution in [0.4, 0.5) is 5.69 Å². The van der Waals surface area contributed by atoms with Crippen LogP contribution in [0.2, 0.25) is 0 Å². The first-order valence-electron chi connectivity index (χ1n) is 9.23. The van der Waals surface area contributed by atoms with Crippen LogP contribution in [-0.4, -0.2) is 54.0 Å². The van der Waals surface area contributed by atoms with Gasteiger partial charge in [-0.1, -0.05) is 6.42 Å². The Kier molecular flexibility index (Phi) is 10.9. The molecule has 10 heteroatoms. The molecule has 2 rings (SSSR count). The topological polar surface area (TPSA) is 101 Å². The van der Waals surface area contributed by atoms with E-state index in [4.69, 9.17) is 9.47 Å². The lowest BCUT2D eigenvalue weighted by Gasteiger charge is -2.25. The van der Waals surface area contributed by atoms with Gasteiger partial charge in [-0.05, 0) is 37.8 Å². The Hall–Kier alpha value is -1.27. The van der Waals surface area contributed by atoms with Crippen LogP contribution in [0.15, 0.2) is 23.2 Å². The molecule has 0 amide bonds. The number of rotatable bonds is 10. The van der Waals surface area contributed by atoms with Gasteiger partial charge in [0.15, 0.2) is 17.5 Å². The fourth-order valence-corrected chi connectivity index (χ4v) is 3.66. The summed E-state index contributed by atoms with van der Waals surface area (Å²) in [6.45, 7) is 3.23. The third-order valence-electron chi connectivity index (χ3n) is 4.43. The Balaban J connectivity index is 0.00000392. The smallest absolute Gasteiger partial charge is 0.213 e. The summed E-state index contributed by atoms with van der Waals surface area (Å²) < 4.78 is 37.6. The maximum atomic E-state index is 12.0. The van der Waals surface area contributed by atoms with E-state index in [0.29, 0.717) is 36.5 Å². The second-order valence-electron chi connectivity index (χ2n) is 6.39. The fraction of sp³-hybridized carbons (Fsp3) is 0.611. The van der Waals surface area contributed by atoms with Crippen molar-refractivity contribution in [2.24, 2.45) is 10.9 Å². The van der Waals surface area contributed by atoms with Crippen molar-refractivity contribution in [3.63, 3.8) is 0 Å². The zero-order chi connectivity index (χ0) is 19.7. The van der Waals surface area contributed by atoms with Gasteiger partial charge in [0.1, 0.15) is 0 Å². The van der Waals surface area contributed by atoms with E-state index in [9.17, 15) is 8.42 Å². The Morgan fingerprint density at radius 1 is 1.29 bits per heavy atom. The van der Waals surface area contributed by atoms with Gasteiger partial charge in [-0.3, -0.25) is 4.99 Å². The minimum Gasteiger partial charge on any atom is -0.493 e. The maximum absolute atomic E-state index is 12.0. The molecule has 1 aliphatic carbocycles. The number of sulfonamides is 1. The summed E-state index contributed by atoms with van der Waals surface area (Å²) in [6.07, 6.45) is 3.43. The van der Waals surface area contributed by atoms with Crippen molar-refractivity contribution in [2.75, 3.05) is 44.9 Å². The molecule has 0 heterocycles. The molecule has 0 spiro atoms. The van der Waals surface area contributed by atoms with Crippen LogP contribution in [0, 0.1) is 5.92 Å². The van der Waals surface area contributed by atoms with E-state index in [1.807, 2.05) is 19.1 Å². The summed E-state index contributed by atoms with van der Waals surface area (Å²) in [5.41, 5.74) is 0.762. The van der Waals surface area contributed by atoms with E-state index < -0.39 is 10.0 Å². The van der Waals surface area contributed by atoms with Gasteiger partial charge in [-0.2, -0.15) is 0 Å². The van der Waals surface area contributed by atoms with E-state index in [2.05, 4.69) is 20.3 Å². The van der Waals surface area contributed by atoms with Crippen LogP contribution >= 0.6 is 24.0 Å². The van der Waals surface area contributed by atoms with Crippen molar-refractivity contribution in [2.45, 2.75) is 26.2 Å². The summed E-state index contributed by atoms with van der Waals surface area (Å²) >= 11 is 0. The highest BCUT2D eigenvalue weighted by molar-refractivity contribution is 14.0. The highest BCUT2D eigenvalue weighted by Gasteiger charge is 2.20. The lowest BCUT2D eigenvalue weighted by molar-refractivity contribution is 0.311. The highest BCUT2D eigenvalue weighted by atomic mass is 127. The number of benzene rings is 1. The predicted molar refractivity (Wildman–Crippen MR) is 124 cm³/mol. The van der Waals surface area contributed by atoms with Crippen molar-refractivity contribution in [1.29, 1.82) is 0 Å². The molecule has 1 aliphatic rings. The summed E-state index contributed by atoms with van der Waals surface area (Å²) in [4.78, 5) is 4.12. The van der Waals surface area contributed by atoms with Gasteiger partial charge < -0.3 is 20.1 Å². The molecule has 0 radical (unpaired) electrons. The molecule has 0 bridgehead atoms. The number of guanidine groups is 1. The molecule has 0 aliphatic heterocycles. The second-order valence-corrected chi connectivity index (χ2v) is 8.31. The molecule has 0 aromatic heterocycles. The van der Waals surface area contributed by atoms with Gasteiger partial charge in [0.2, 0.25) is 10.0 Å². The van der Waals surface area contributed by atoms with Crippen LogP contribution in [0.3, 0.4) is 0 Å². The van der Waals surface area contributed by atoms with E-state index in [0.717, 1.165) is 18.5 Å². The predicted octanol–water partition coefficient (Wildman–Crippen LogP) is 2.42. The van der Waals surface area contributed by atoms with Gasteiger partial charge in [0.25, 0.3) is 0 Å². The third kappa shape index (κ3) is 8.00. The molecule has 0 saturated heterocycles. The van der Waals surface area contributed by atoms with Gasteiger partial charge in [-0.15, -0.1) is 24.0 Å². The fourth-order valence-electron chi connectivity index (χ4n) is 2.66. The molecule has 3 N–H and O–H groups in total. The van der Waals surface area contributed by atoms with Crippen LogP contribution < -0.4 is 24.8 Å². The molecule has 1 aromatic carbocycles. The van der Waals surface area contributed by atoms with E-state index in [1.165, 1.54) is 6.42 Å². The standard InChI is InChI=1S/C18H30N4O4S.HI/c1-4-26-17-12-15(8-9-16(17)25-3)22-18(19-2)20-10-11-27(23,24)21-13-14-6-5-7-14;/h8-9,12,14,21H,4-7,10-11,13H2,1-3H3,(H2,19,20,22);1H. The maximum Gasteiger partial charge on any atom is 0.213 e. The average molecular weight is 526 g/mol. The minimum atomic E-state index is -3.28. The SMILES string of the molecule is CCOc1cc(NC(=NC)NCCS(=O)(=O)NCC2CCC2)ccc1OC.I. The summed E-state index contributed by atoms with van der Waals surface area (Å²) in [5.74, 6) is 2.25. The molecule has 1 fully saturated rings. The van der Waals surface area contributed by atoms with Gasteiger partial charge in [0, 0.05) is 31.9 Å². The van der Waals surface area contributed by atoms with Gasteiger partial charge in [0.05, 0.1) is 19.5 Å². The number of nitrogens with one attached hydrogen (secondary N) is 3. The monoisotopic (exact) mass is 526 g/mol. The number of aliphatic imine (C=N–C) groups is 1. The Morgan fingerprint density at radius 2 is 2.04 bits per heavy atom. The number of hydrogen-bond donors (Lipinski definition) is 3. The minimum absolute atomic E-state index is 0. The number of anilines is 1. The number of halogens is 1. The van der Waals surface area contributed by atoms with Gasteiger partial charge in [-0.25, -0.2) is 13.1 Å². The number of nitrogens with zero attached hydrogens (tertiary/aromatic N) is 1. The van der Waals surface area contributed by atoms with Crippen molar-refractivity contribution >= 4 is 45.6 Å². The number of hydrogen-bond acceptors (Lipinski definition) is 5. The first kappa shape index (κ1) is 24.8. The molecule has 1 saturated carbocycles. The largest absolute Gasteiger partial charge is 0.493 e. The zero-order valence-electron chi connectivity index (χ0n) is 16.7. The van der Waals surface area contributed by atoms with Crippen molar-refractivity contribution in [1.82, 2.24) is 10.0 Å². The average Bonchev–Trinajstić information content (AvgIpc) is 2.60. The molecule has 0 unspecified atom stereocenters. The first-order chi connectivity index (χ1) is 13.0. The molecule has 160 valence electrons. The highest BCUT2D eigenvalue weighted by Crippen LogP contribution is 2.30. The van der Waals surface area contributed by atoms with Crippen LogP contribution in [0.25, 0.3) is 0 Å². The van der Waals surface area contributed by atoms with E-state index in [-0.39, 0.29) is 36.3 Å². The third-order valence-corrected chi connectivity index (χ3v) is 5.78. The van der Waals surface area contributed by atoms with E-state index in [1.54, 1.807) is 20.2 Å². The molecular formula is C18H31IN4O4S. The summed E-state index contributed by atoms with van der Waals surface area (Å²) in [5, 5.41) is 6.14. The molecule has 28 heavy (non-hydrogen) atoms. The molecule has 8 nitrogen and oxygen atoms in total. The van der Waals surface area contributed by atoms with E-state index >= 15 is 0 Å². The normalized spacial score (nSPS) is 14.6. The Labute approximate surface area is 184 Å². The first-order valence-corrected chi connectivity index (χ1v) is 10.9. The number of methoxy groups -OCH3 is 1. The number of ether oxygens (including phenoxy) is 2. The molecular weight excluding hydrogens is 495 g/mol. The second kappa shape index (κ2) is 12.3. The lowest BCUT2D eigenvalue weighted by Crippen LogP contribution is -2.39. The van der Waals surface area contributed by atoms with Gasteiger partial charge >= 0.3 is 0 Å². The zero-order valence-corrected chi connectivity index (χ0v) is 19.8. The van der Waals surface area contributed by atoms with Crippen LogP contribution in [-0.2, 0) is 10.0 Å². The summed E-state index contributed by atoms with van der Waals surface area (Å²) in [6, 6.07) is 5.45. The van der Waals surface area contributed by atoms with Crippen LogP contribution in [0.1, 0.15) is 26.2 Å². The quantitative estimate of drug-likeness (QED) is 0.246. The van der Waals surface area contributed by atoms with Crippen molar-refractivity contribution in [3.05, 3.63) is 18.2 Å². The van der Waals surface area contributed by atoms with Crippen LogP contribution in [0.5, 0.6) is 11.5 Å².